The summed E-state index contributed by atoms with van der Waals surface area (Å²) in [5.41, 5.74) is 2.94. The molecule has 1 aromatic heterocycles. The molecular formula is C20H20N4O3. The van der Waals surface area contributed by atoms with Crippen LogP contribution in [0.25, 0.3) is 5.70 Å². The highest BCUT2D eigenvalue weighted by Crippen LogP contribution is 2.36. The summed E-state index contributed by atoms with van der Waals surface area (Å²) in [6, 6.07) is 13.6. The Hall–Kier alpha value is -3.48. The van der Waals surface area contributed by atoms with Gasteiger partial charge in [-0.15, -0.1) is 0 Å². The van der Waals surface area contributed by atoms with E-state index >= 15 is 0 Å². The lowest BCUT2D eigenvalue weighted by Gasteiger charge is -2.25. The van der Waals surface area contributed by atoms with Crippen molar-refractivity contribution < 1.29 is 14.2 Å². The first-order valence-corrected chi connectivity index (χ1v) is 8.48. The summed E-state index contributed by atoms with van der Waals surface area (Å²) in [5.74, 6) is 2.83. The quantitative estimate of drug-likeness (QED) is 0.749. The molecule has 0 saturated carbocycles. The fourth-order valence-corrected chi connectivity index (χ4v) is 3.17. The van der Waals surface area contributed by atoms with Gasteiger partial charge in [0, 0.05) is 11.3 Å². The van der Waals surface area contributed by atoms with Crippen molar-refractivity contribution in [2.24, 2.45) is 0 Å². The Morgan fingerprint density at radius 3 is 2.59 bits per heavy atom. The Balaban J connectivity index is 1.79. The first kappa shape index (κ1) is 17.0. The molecule has 7 nitrogen and oxygen atoms in total. The number of nitrogens with one attached hydrogen (secondary N) is 1. The number of hydrogen-bond acceptors (Lipinski definition) is 6. The lowest BCUT2D eigenvalue weighted by atomic mass is 10.0. The van der Waals surface area contributed by atoms with Gasteiger partial charge in [0.05, 0.1) is 21.3 Å². The molecule has 27 heavy (non-hydrogen) atoms. The summed E-state index contributed by atoms with van der Waals surface area (Å²) in [6.07, 6.45) is 3.65. The van der Waals surface area contributed by atoms with Crippen molar-refractivity contribution in [1.29, 1.82) is 0 Å². The normalized spacial score (nSPS) is 15.4. The zero-order chi connectivity index (χ0) is 18.8. The molecule has 0 radical (unpaired) electrons. The topological polar surface area (TPSA) is 70.4 Å². The van der Waals surface area contributed by atoms with Crippen molar-refractivity contribution in [3.8, 4) is 17.2 Å². The van der Waals surface area contributed by atoms with Crippen LogP contribution in [0.1, 0.15) is 17.2 Å². The molecule has 138 valence electrons. The van der Waals surface area contributed by atoms with Crippen molar-refractivity contribution in [3.05, 3.63) is 66.0 Å². The van der Waals surface area contributed by atoms with Gasteiger partial charge in [-0.2, -0.15) is 10.1 Å². The van der Waals surface area contributed by atoms with E-state index < -0.39 is 0 Å². The molecule has 1 aliphatic rings. The smallest absolute Gasteiger partial charge is 0.226 e. The fourth-order valence-electron chi connectivity index (χ4n) is 3.17. The van der Waals surface area contributed by atoms with E-state index in [-0.39, 0.29) is 6.04 Å². The summed E-state index contributed by atoms with van der Waals surface area (Å²) in [7, 11) is 4.91. The Bertz CT molecular complexity index is 996. The molecule has 4 rings (SSSR count). The van der Waals surface area contributed by atoms with Crippen LogP contribution in [-0.2, 0) is 0 Å². The van der Waals surface area contributed by atoms with E-state index in [4.69, 9.17) is 14.2 Å². The van der Waals surface area contributed by atoms with Crippen LogP contribution in [0.2, 0.25) is 0 Å². The maximum absolute atomic E-state index is 5.43. The third-order valence-electron chi connectivity index (χ3n) is 4.54. The summed E-state index contributed by atoms with van der Waals surface area (Å²) in [4.78, 5) is 4.34. The number of benzene rings is 2. The van der Waals surface area contributed by atoms with Crippen molar-refractivity contribution in [3.63, 3.8) is 0 Å². The lowest BCUT2D eigenvalue weighted by molar-refractivity contribution is 0.355. The van der Waals surface area contributed by atoms with Gasteiger partial charge in [-0.25, -0.2) is 4.68 Å². The summed E-state index contributed by atoms with van der Waals surface area (Å²) >= 11 is 0. The van der Waals surface area contributed by atoms with Gasteiger partial charge in [0.25, 0.3) is 0 Å². The third kappa shape index (κ3) is 3.08. The molecule has 0 aliphatic carbocycles. The predicted molar refractivity (Wildman–Crippen MR) is 102 cm³/mol. The van der Waals surface area contributed by atoms with Crippen LogP contribution in [-0.4, -0.2) is 36.1 Å². The van der Waals surface area contributed by atoms with Crippen LogP contribution < -0.4 is 19.5 Å². The monoisotopic (exact) mass is 364 g/mol. The van der Waals surface area contributed by atoms with Gasteiger partial charge < -0.3 is 19.5 Å². The molecule has 0 bridgehead atoms. The van der Waals surface area contributed by atoms with Crippen molar-refractivity contribution in [2.45, 2.75) is 6.04 Å². The van der Waals surface area contributed by atoms with E-state index in [2.05, 4.69) is 21.5 Å². The molecule has 1 aliphatic heterocycles. The van der Waals surface area contributed by atoms with E-state index in [1.54, 1.807) is 27.7 Å². The summed E-state index contributed by atoms with van der Waals surface area (Å²) < 4.78 is 18.0. The standard InChI is InChI=1S/C20H20N4O3/c1-25-15-6-4-5-14(9-15)17-11-16(23-20-21-12-22-24(17)20)13-7-8-18(26-2)19(10-13)27-3/h4-12,17H,1-3H3,(H,21,22,23)/t17-/m0/s1. The summed E-state index contributed by atoms with van der Waals surface area (Å²) in [6.45, 7) is 0. The SMILES string of the molecule is COc1cccc([C@@H]2C=C(c3ccc(OC)c(OC)c3)Nc3ncnn32)c1. The number of aromatic nitrogens is 3. The molecule has 0 fully saturated rings. The van der Waals surface area contributed by atoms with E-state index in [9.17, 15) is 0 Å². The highest BCUT2D eigenvalue weighted by molar-refractivity contribution is 5.78. The van der Waals surface area contributed by atoms with Crippen LogP contribution in [0.5, 0.6) is 17.2 Å². The molecule has 2 heterocycles. The first-order chi connectivity index (χ1) is 13.2. The number of rotatable bonds is 5. The number of allylic oxidation sites excluding steroid dienone is 1. The van der Waals surface area contributed by atoms with Crippen LogP contribution in [0, 0.1) is 0 Å². The number of methoxy groups -OCH3 is 3. The van der Waals surface area contributed by atoms with Gasteiger partial charge in [0.15, 0.2) is 11.5 Å². The van der Waals surface area contributed by atoms with E-state index in [0.29, 0.717) is 17.4 Å². The maximum atomic E-state index is 5.43. The molecule has 0 saturated heterocycles. The molecule has 0 unspecified atom stereocenters. The second-order valence-corrected chi connectivity index (χ2v) is 6.02. The van der Waals surface area contributed by atoms with Crippen LogP contribution in [0.3, 0.4) is 0 Å². The average Bonchev–Trinajstić information content (AvgIpc) is 3.21. The minimum absolute atomic E-state index is 0.109. The maximum Gasteiger partial charge on any atom is 0.226 e. The number of nitrogens with zero attached hydrogens (tertiary/aromatic N) is 3. The number of anilines is 1. The van der Waals surface area contributed by atoms with Crippen LogP contribution in [0.15, 0.2) is 54.9 Å². The third-order valence-corrected chi connectivity index (χ3v) is 4.54. The molecule has 7 heteroatoms. The average molecular weight is 364 g/mol. The molecule has 0 spiro atoms. The van der Waals surface area contributed by atoms with Gasteiger partial charge in [0.1, 0.15) is 18.1 Å². The molecule has 3 aromatic rings. The zero-order valence-corrected chi connectivity index (χ0v) is 15.3. The van der Waals surface area contributed by atoms with Crippen LogP contribution >= 0.6 is 0 Å². The lowest BCUT2D eigenvalue weighted by Crippen LogP contribution is -2.20. The van der Waals surface area contributed by atoms with Gasteiger partial charge >= 0.3 is 0 Å². The van der Waals surface area contributed by atoms with E-state index in [1.807, 2.05) is 47.1 Å². The Morgan fingerprint density at radius 1 is 0.963 bits per heavy atom. The van der Waals surface area contributed by atoms with Crippen molar-refractivity contribution in [1.82, 2.24) is 14.8 Å². The molecule has 1 atom stereocenters. The molecular weight excluding hydrogens is 344 g/mol. The highest BCUT2D eigenvalue weighted by Gasteiger charge is 2.24. The summed E-state index contributed by atoms with van der Waals surface area (Å²) in [5, 5.41) is 7.71. The highest BCUT2D eigenvalue weighted by atomic mass is 16.5. The largest absolute Gasteiger partial charge is 0.497 e. The molecule has 2 aromatic carbocycles. The van der Waals surface area contributed by atoms with Crippen molar-refractivity contribution in [2.75, 3.05) is 26.6 Å². The zero-order valence-electron chi connectivity index (χ0n) is 15.3. The van der Waals surface area contributed by atoms with Crippen molar-refractivity contribution >= 4 is 11.6 Å². The number of hydrogen-bond donors (Lipinski definition) is 1. The Labute approximate surface area is 157 Å². The van der Waals surface area contributed by atoms with Gasteiger partial charge in [-0.05, 0) is 42.0 Å². The van der Waals surface area contributed by atoms with Gasteiger partial charge in [-0.3, -0.25) is 0 Å². The number of fused-ring (bicyclic) bond motifs is 1. The minimum atomic E-state index is -0.109. The van der Waals surface area contributed by atoms with E-state index in [0.717, 1.165) is 22.6 Å². The fraction of sp³-hybridized carbons (Fsp3) is 0.200. The predicted octanol–water partition coefficient (Wildman–Crippen LogP) is 3.36. The second-order valence-electron chi connectivity index (χ2n) is 6.02. The van der Waals surface area contributed by atoms with Crippen LogP contribution in [0.4, 0.5) is 5.95 Å². The minimum Gasteiger partial charge on any atom is -0.497 e. The number of ether oxygens (including phenoxy) is 3. The first-order valence-electron chi connectivity index (χ1n) is 8.48. The van der Waals surface area contributed by atoms with Gasteiger partial charge in [-0.1, -0.05) is 12.1 Å². The Kier molecular flexibility index (Phi) is 4.42. The van der Waals surface area contributed by atoms with Gasteiger partial charge in [0.2, 0.25) is 5.95 Å². The molecule has 1 N–H and O–H groups in total. The second kappa shape index (κ2) is 7.03. The molecule has 0 amide bonds. The van der Waals surface area contributed by atoms with E-state index in [1.165, 1.54) is 0 Å². The Morgan fingerprint density at radius 2 is 1.81 bits per heavy atom.